The van der Waals surface area contributed by atoms with Gasteiger partial charge in [0.15, 0.2) is 12.2 Å². The van der Waals surface area contributed by atoms with E-state index in [2.05, 4.69) is 25.6 Å². The Morgan fingerprint density at radius 1 is 1.06 bits per heavy atom. The number of anilines is 1. The number of aromatic nitrogens is 3. The quantitative estimate of drug-likeness (QED) is 0.513. The highest BCUT2D eigenvalue weighted by atomic mass is 16.5. The Labute approximate surface area is 178 Å². The van der Waals surface area contributed by atoms with Crippen LogP contribution in [0.1, 0.15) is 23.2 Å². The van der Waals surface area contributed by atoms with E-state index in [4.69, 9.17) is 9.15 Å². The maximum absolute atomic E-state index is 12.7. The minimum absolute atomic E-state index is 0.221. The molecule has 0 spiro atoms. The largest absolute Gasteiger partial charge is 0.490 e. The molecule has 0 aliphatic carbocycles. The van der Waals surface area contributed by atoms with Crippen LogP contribution in [0, 0.1) is 0 Å². The lowest BCUT2D eigenvalue weighted by Gasteiger charge is -2.23. The predicted octanol–water partition coefficient (Wildman–Crippen LogP) is 3.67. The van der Waals surface area contributed by atoms with Crippen molar-refractivity contribution in [3.8, 4) is 17.1 Å². The Morgan fingerprint density at radius 3 is 2.68 bits per heavy atom. The summed E-state index contributed by atoms with van der Waals surface area (Å²) < 4.78 is 11.3. The summed E-state index contributed by atoms with van der Waals surface area (Å²) in [6, 6.07) is 10.9. The van der Waals surface area contributed by atoms with Crippen molar-refractivity contribution in [1.82, 2.24) is 20.3 Å². The van der Waals surface area contributed by atoms with Crippen LogP contribution in [0.25, 0.3) is 22.2 Å². The highest BCUT2D eigenvalue weighted by Crippen LogP contribution is 2.24. The third kappa shape index (κ3) is 4.39. The highest BCUT2D eigenvalue weighted by Gasteiger charge is 2.15. The fraction of sp³-hybridized carbons (Fsp3) is 0.217. The van der Waals surface area contributed by atoms with Crippen LogP contribution in [0.5, 0.6) is 5.75 Å². The van der Waals surface area contributed by atoms with Gasteiger partial charge in [0.05, 0.1) is 17.9 Å². The molecule has 1 saturated heterocycles. The molecule has 0 unspecified atom stereocenters. The third-order valence-corrected chi connectivity index (χ3v) is 5.23. The molecule has 4 aromatic rings. The van der Waals surface area contributed by atoms with Gasteiger partial charge in [0.1, 0.15) is 17.7 Å². The van der Waals surface area contributed by atoms with E-state index >= 15 is 0 Å². The maximum Gasteiger partial charge on any atom is 0.256 e. The van der Waals surface area contributed by atoms with Gasteiger partial charge in [-0.3, -0.25) is 9.78 Å². The summed E-state index contributed by atoms with van der Waals surface area (Å²) in [5.41, 5.74) is 2.06. The molecule has 31 heavy (non-hydrogen) atoms. The molecule has 1 fully saturated rings. The number of ether oxygens (including phenoxy) is 1. The van der Waals surface area contributed by atoms with Crippen LogP contribution >= 0.6 is 0 Å². The van der Waals surface area contributed by atoms with Crippen molar-refractivity contribution in [3.05, 3.63) is 66.9 Å². The Hall–Kier alpha value is -3.78. The summed E-state index contributed by atoms with van der Waals surface area (Å²) in [7, 11) is 0. The number of amides is 1. The van der Waals surface area contributed by atoms with Gasteiger partial charge < -0.3 is 19.8 Å². The van der Waals surface area contributed by atoms with Crippen molar-refractivity contribution in [2.75, 3.05) is 18.4 Å². The minimum Gasteiger partial charge on any atom is -0.490 e. The average Bonchev–Trinajstić information content (AvgIpc) is 3.35. The summed E-state index contributed by atoms with van der Waals surface area (Å²) in [5.74, 6) is 1.62. The number of carbonyl (C=O) groups excluding carboxylic acids is 1. The number of fused-ring (bicyclic) bond motifs is 1. The van der Waals surface area contributed by atoms with Crippen LogP contribution in [-0.4, -0.2) is 40.1 Å². The molecule has 1 aliphatic heterocycles. The topological polar surface area (TPSA) is 102 Å². The zero-order chi connectivity index (χ0) is 21.0. The molecule has 5 rings (SSSR count). The number of benzene rings is 1. The van der Waals surface area contributed by atoms with Crippen molar-refractivity contribution in [2.45, 2.75) is 18.9 Å². The summed E-state index contributed by atoms with van der Waals surface area (Å²) in [6.07, 6.45) is 8.54. The lowest BCUT2D eigenvalue weighted by molar-refractivity contribution is 0.102. The Kier molecular flexibility index (Phi) is 5.28. The fourth-order valence-electron chi connectivity index (χ4n) is 3.57. The molecule has 3 aromatic heterocycles. The number of hydrogen-bond donors (Lipinski definition) is 2. The molecular formula is C23H21N5O3. The fourth-order valence-corrected chi connectivity index (χ4v) is 3.57. The van der Waals surface area contributed by atoms with Gasteiger partial charge in [0, 0.05) is 22.7 Å². The number of nitrogens with one attached hydrogen (secondary N) is 2. The molecule has 0 saturated carbocycles. The molecule has 0 bridgehead atoms. The van der Waals surface area contributed by atoms with Gasteiger partial charge in [-0.1, -0.05) is 0 Å². The molecular weight excluding hydrogens is 394 g/mol. The summed E-state index contributed by atoms with van der Waals surface area (Å²) in [6.45, 7) is 1.94. The van der Waals surface area contributed by atoms with Crippen LogP contribution in [0.3, 0.4) is 0 Å². The van der Waals surface area contributed by atoms with E-state index in [0.29, 0.717) is 17.1 Å². The molecule has 4 heterocycles. The zero-order valence-corrected chi connectivity index (χ0v) is 16.7. The number of pyridine rings is 2. The van der Waals surface area contributed by atoms with Crippen molar-refractivity contribution in [2.24, 2.45) is 0 Å². The predicted molar refractivity (Wildman–Crippen MR) is 116 cm³/mol. The van der Waals surface area contributed by atoms with Crippen LogP contribution in [0.15, 0.2) is 65.8 Å². The standard InChI is InChI=1S/C23H21N5O3/c29-23(15-1-3-18(4-2-15)31-19-5-7-24-8-6-19)28-22-10-16-9-17(21-13-25-14-30-21)11-26-20(16)12-27-22/h1-4,9-14,19,24H,5-8H2,(H,27,28,29). The molecule has 8 nitrogen and oxygen atoms in total. The Bertz CT molecular complexity index is 1190. The average molecular weight is 415 g/mol. The van der Waals surface area contributed by atoms with E-state index in [0.717, 1.165) is 48.1 Å². The first-order valence-electron chi connectivity index (χ1n) is 10.2. The number of hydrogen-bond acceptors (Lipinski definition) is 7. The normalized spacial score (nSPS) is 14.5. The number of carbonyl (C=O) groups is 1. The minimum atomic E-state index is -0.236. The molecule has 2 N–H and O–H groups in total. The number of oxazole rings is 1. The maximum atomic E-state index is 12.7. The molecule has 156 valence electrons. The van der Waals surface area contributed by atoms with E-state index in [-0.39, 0.29) is 12.0 Å². The van der Waals surface area contributed by atoms with E-state index in [1.165, 1.54) is 6.39 Å². The van der Waals surface area contributed by atoms with Crippen LogP contribution in [-0.2, 0) is 0 Å². The second-order valence-corrected chi connectivity index (χ2v) is 7.40. The Balaban J connectivity index is 1.29. The zero-order valence-electron chi connectivity index (χ0n) is 16.7. The second kappa shape index (κ2) is 8.53. The van der Waals surface area contributed by atoms with Crippen molar-refractivity contribution in [3.63, 3.8) is 0 Å². The lowest BCUT2D eigenvalue weighted by atomic mass is 10.1. The van der Waals surface area contributed by atoms with Gasteiger partial charge >= 0.3 is 0 Å². The van der Waals surface area contributed by atoms with Crippen LogP contribution < -0.4 is 15.4 Å². The van der Waals surface area contributed by atoms with E-state index < -0.39 is 0 Å². The van der Waals surface area contributed by atoms with Gasteiger partial charge in [0.25, 0.3) is 5.91 Å². The van der Waals surface area contributed by atoms with Crippen LogP contribution in [0.4, 0.5) is 5.82 Å². The highest BCUT2D eigenvalue weighted by molar-refractivity contribution is 6.04. The summed E-state index contributed by atoms with van der Waals surface area (Å²) in [5, 5.41) is 7.00. The third-order valence-electron chi connectivity index (χ3n) is 5.23. The lowest BCUT2D eigenvalue weighted by Crippen LogP contribution is -2.34. The number of nitrogens with zero attached hydrogens (tertiary/aromatic N) is 3. The van der Waals surface area contributed by atoms with E-state index in [1.807, 2.05) is 18.2 Å². The first-order chi connectivity index (χ1) is 15.2. The smallest absolute Gasteiger partial charge is 0.256 e. The van der Waals surface area contributed by atoms with E-state index in [1.54, 1.807) is 36.8 Å². The SMILES string of the molecule is O=C(Nc1cc2cc(-c3cnco3)cnc2cn1)c1ccc(OC2CCNCC2)cc1. The number of rotatable bonds is 5. The molecule has 1 aliphatic rings. The summed E-state index contributed by atoms with van der Waals surface area (Å²) in [4.78, 5) is 25.3. The van der Waals surface area contributed by atoms with Crippen LogP contribution in [0.2, 0.25) is 0 Å². The van der Waals surface area contributed by atoms with E-state index in [9.17, 15) is 4.79 Å². The molecule has 0 radical (unpaired) electrons. The summed E-state index contributed by atoms with van der Waals surface area (Å²) >= 11 is 0. The van der Waals surface area contributed by atoms with Crippen molar-refractivity contribution < 1.29 is 13.9 Å². The first kappa shape index (κ1) is 19.2. The molecule has 1 aromatic carbocycles. The van der Waals surface area contributed by atoms with Gasteiger partial charge in [0.2, 0.25) is 0 Å². The van der Waals surface area contributed by atoms with Gasteiger partial charge in [-0.25, -0.2) is 9.97 Å². The monoisotopic (exact) mass is 415 g/mol. The van der Waals surface area contributed by atoms with Gasteiger partial charge in [-0.2, -0.15) is 0 Å². The number of piperidine rings is 1. The van der Waals surface area contributed by atoms with Gasteiger partial charge in [-0.15, -0.1) is 0 Å². The molecule has 8 heteroatoms. The second-order valence-electron chi connectivity index (χ2n) is 7.40. The van der Waals surface area contributed by atoms with Crippen molar-refractivity contribution in [1.29, 1.82) is 0 Å². The Morgan fingerprint density at radius 2 is 1.90 bits per heavy atom. The van der Waals surface area contributed by atoms with Gasteiger partial charge in [-0.05, 0) is 62.3 Å². The molecule has 0 atom stereocenters. The molecule has 1 amide bonds. The van der Waals surface area contributed by atoms with Crippen molar-refractivity contribution >= 4 is 22.6 Å². The first-order valence-corrected chi connectivity index (χ1v) is 10.2.